The Kier molecular flexibility index (Phi) is 4.94. The van der Waals surface area contributed by atoms with E-state index in [9.17, 15) is 9.59 Å². The van der Waals surface area contributed by atoms with Crippen LogP contribution in [0.3, 0.4) is 0 Å². The Morgan fingerprint density at radius 2 is 1.97 bits per heavy atom. The van der Waals surface area contributed by atoms with E-state index < -0.39 is 0 Å². The molecule has 6 heteroatoms. The predicted molar refractivity (Wildman–Crippen MR) is 124 cm³/mol. The highest BCUT2D eigenvalue weighted by Crippen LogP contribution is 2.45. The molecule has 4 heterocycles. The van der Waals surface area contributed by atoms with Gasteiger partial charge in [-0.1, -0.05) is 36.3 Å². The molecular formula is C26H32N4O2. The van der Waals surface area contributed by atoms with Crippen molar-refractivity contribution in [2.45, 2.75) is 57.0 Å². The van der Waals surface area contributed by atoms with Crippen molar-refractivity contribution < 1.29 is 4.79 Å². The molecular weight excluding hydrogens is 400 g/mol. The Balaban J connectivity index is 1.31. The highest BCUT2D eigenvalue weighted by atomic mass is 16.2. The molecule has 0 radical (unpaired) electrons. The number of rotatable bonds is 2. The van der Waals surface area contributed by atoms with Gasteiger partial charge in [-0.25, -0.2) is 4.68 Å². The van der Waals surface area contributed by atoms with Crippen LogP contribution in [-0.4, -0.2) is 57.2 Å². The minimum Gasteiger partial charge on any atom is -0.335 e. The summed E-state index contributed by atoms with van der Waals surface area (Å²) in [5, 5.41) is 5.93. The van der Waals surface area contributed by atoms with Gasteiger partial charge in [-0.05, 0) is 56.6 Å². The van der Waals surface area contributed by atoms with Crippen LogP contribution in [0.2, 0.25) is 0 Å². The van der Waals surface area contributed by atoms with Gasteiger partial charge in [0.1, 0.15) is 0 Å². The molecule has 6 nitrogen and oxygen atoms in total. The molecule has 6 rings (SSSR count). The summed E-state index contributed by atoms with van der Waals surface area (Å²) in [6.07, 6.45) is 10.2. The number of amides is 1. The third-order valence-electron chi connectivity index (χ3n) is 8.33. The van der Waals surface area contributed by atoms with Crippen LogP contribution in [0.5, 0.6) is 0 Å². The van der Waals surface area contributed by atoms with E-state index in [1.54, 1.807) is 7.05 Å². The summed E-state index contributed by atoms with van der Waals surface area (Å²) >= 11 is 0. The van der Waals surface area contributed by atoms with E-state index in [0.717, 1.165) is 37.4 Å². The molecule has 3 fully saturated rings. The monoisotopic (exact) mass is 432 g/mol. The SMILES string of the molecule is Cn1nc(CC(=O)N2CCCC3=C[C@H]4C[C@@H](CN5CCCC[C@H]45)[C@@H]32)c2ccccc2c1=O. The average Bonchev–Trinajstić information content (AvgIpc) is 2.82. The van der Waals surface area contributed by atoms with Crippen molar-refractivity contribution in [3.63, 3.8) is 0 Å². The number of nitrogens with zero attached hydrogens (tertiary/aromatic N) is 4. The van der Waals surface area contributed by atoms with E-state index in [2.05, 4.69) is 21.0 Å². The van der Waals surface area contributed by atoms with Gasteiger partial charge < -0.3 is 4.90 Å². The summed E-state index contributed by atoms with van der Waals surface area (Å²) in [5.41, 5.74) is 2.10. The summed E-state index contributed by atoms with van der Waals surface area (Å²) < 4.78 is 1.37. The third-order valence-corrected chi connectivity index (χ3v) is 8.33. The van der Waals surface area contributed by atoms with Crippen LogP contribution in [0, 0.1) is 11.8 Å². The fourth-order valence-electron chi connectivity index (χ4n) is 7.00. The number of benzene rings is 1. The lowest BCUT2D eigenvalue weighted by Crippen LogP contribution is -2.60. The van der Waals surface area contributed by atoms with Crippen LogP contribution in [-0.2, 0) is 18.3 Å². The van der Waals surface area contributed by atoms with Gasteiger partial charge in [0.05, 0.1) is 23.5 Å². The molecule has 1 aromatic carbocycles. The second-order valence-corrected chi connectivity index (χ2v) is 10.2. The standard InChI is InChI=1S/C26H32N4O2/c1-28-26(32)21-9-3-2-8-20(21)22(27-28)15-24(31)30-12-6-7-17-13-18-14-19(25(17)30)16-29-11-5-4-10-23(18)29/h2-3,8-9,13,18-19,23,25H,4-7,10-12,14-16H2,1H3/t18-,19-,23+,25+/m0/s1. The maximum Gasteiger partial charge on any atom is 0.274 e. The number of piperidine rings is 3. The van der Waals surface area contributed by atoms with Crippen molar-refractivity contribution in [1.29, 1.82) is 0 Å². The lowest BCUT2D eigenvalue weighted by atomic mass is 9.68. The molecule has 168 valence electrons. The molecule has 1 aliphatic carbocycles. The number of fused-ring (bicyclic) bond motifs is 7. The molecule has 2 bridgehead atoms. The first-order valence-corrected chi connectivity index (χ1v) is 12.3. The molecule has 4 aliphatic rings. The van der Waals surface area contributed by atoms with Gasteiger partial charge in [0, 0.05) is 31.6 Å². The predicted octanol–water partition coefficient (Wildman–Crippen LogP) is 2.90. The van der Waals surface area contributed by atoms with Gasteiger partial charge in [-0.2, -0.15) is 5.10 Å². The number of aryl methyl sites for hydroxylation is 1. The van der Waals surface area contributed by atoms with E-state index in [4.69, 9.17) is 0 Å². The van der Waals surface area contributed by atoms with Crippen LogP contribution in [0.15, 0.2) is 40.7 Å². The van der Waals surface area contributed by atoms with Crippen molar-refractivity contribution in [3.8, 4) is 0 Å². The van der Waals surface area contributed by atoms with E-state index in [1.165, 1.54) is 42.5 Å². The van der Waals surface area contributed by atoms with Crippen molar-refractivity contribution in [2.24, 2.45) is 18.9 Å². The second-order valence-electron chi connectivity index (χ2n) is 10.2. The quantitative estimate of drug-likeness (QED) is 0.685. The maximum atomic E-state index is 13.7. The normalized spacial score (nSPS) is 29.9. The topological polar surface area (TPSA) is 58.4 Å². The van der Waals surface area contributed by atoms with Gasteiger partial charge in [-0.15, -0.1) is 0 Å². The summed E-state index contributed by atoms with van der Waals surface area (Å²) in [7, 11) is 1.67. The maximum absolute atomic E-state index is 13.7. The third kappa shape index (κ3) is 3.22. The van der Waals surface area contributed by atoms with Crippen LogP contribution >= 0.6 is 0 Å². The van der Waals surface area contributed by atoms with E-state index >= 15 is 0 Å². The summed E-state index contributed by atoms with van der Waals surface area (Å²) in [5.74, 6) is 1.36. The number of carbonyl (C=O) groups is 1. The van der Waals surface area contributed by atoms with Crippen LogP contribution in [0.1, 0.15) is 44.2 Å². The average molecular weight is 433 g/mol. The van der Waals surface area contributed by atoms with Gasteiger partial charge in [-0.3, -0.25) is 14.5 Å². The molecule has 0 spiro atoms. The fraction of sp³-hybridized carbons (Fsp3) is 0.577. The van der Waals surface area contributed by atoms with E-state index in [1.807, 2.05) is 24.3 Å². The van der Waals surface area contributed by atoms with E-state index in [0.29, 0.717) is 22.9 Å². The molecule has 3 saturated heterocycles. The summed E-state index contributed by atoms with van der Waals surface area (Å²) in [6.45, 7) is 3.18. The highest BCUT2D eigenvalue weighted by molar-refractivity contribution is 5.88. The zero-order chi connectivity index (χ0) is 21.8. The second kappa shape index (κ2) is 7.84. The molecule has 1 aromatic heterocycles. The molecule has 1 amide bonds. The lowest BCUT2D eigenvalue weighted by Gasteiger charge is -2.54. The number of hydrogen-bond acceptors (Lipinski definition) is 4. The van der Waals surface area contributed by atoms with Crippen molar-refractivity contribution in [1.82, 2.24) is 19.6 Å². The first kappa shape index (κ1) is 20.2. The summed E-state index contributed by atoms with van der Waals surface area (Å²) in [6, 6.07) is 8.49. The largest absolute Gasteiger partial charge is 0.335 e. The first-order valence-electron chi connectivity index (χ1n) is 12.3. The number of likely N-dealkylation sites (tertiary alicyclic amines) is 1. The molecule has 0 N–H and O–H groups in total. The molecule has 0 saturated carbocycles. The van der Waals surface area contributed by atoms with Gasteiger partial charge in [0.15, 0.2) is 0 Å². The zero-order valence-electron chi connectivity index (χ0n) is 18.9. The zero-order valence-corrected chi connectivity index (χ0v) is 18.9. The summed E-state index contributed by atoms with van der Waals surface area (Å²) in [4.78, 5) is 31.0. The minimum atomic E-state index is -0.114. The van der Waals surface area contributed by atoms with E-state index in [-0.39, 0.29) is 23.9 Å². The number of hydrogen-bond donors (Lipinski definition) is 0. The van der Waals surface area contributed by atoms with Crippen molar-refractivity contribution >= 4 is 16.7 Å². The molecule has 3 aliphatic heterocycles. The Hall–Kier alpha value is -2.47. The molecule has 0 unspecified atom stereocenters. The Labute approximate surface area is 188 Å². The highest BCUT2D eigenvalue weighted by Gasteiger charge is 2.46. The molecule has 2 aromatic rings. The minimum absolute atomic E-state index is 0.114. The smallest absolute Gasteiger partial charge is 0.274 e. The van der Waals surface area contributed by atoms with Crippen molar-refractivity contribution in [2.75, 3.05) is 19.6 Å². The molecule has 4 atom stereocenters. The Morgan fingerprint density at radius 3 is 2.84 bits per heavy atom. The van der Waals surface area contributed by atoms with Crippen LogP contribution < -0.4 is 5.56 Å². The number of aromatic nitrogens is 2. The number of carbonyl (C=O) groups excluding carboxylic acids is 1. The van der Waals surface area contributed by atoms with Gasteiger partial charge in [0.25, 0.3) is 5.56 Å². The van der Waals surface area contributed by atoms with Crippen molar-refractivity contribution in [3.05, 3.63) is 52.0 Å². The van der Waals surface area contributed by atoms with Crippen LogP contribution in [0.25, 0.3) is 10.8 Å². The molecule has 32 heavy (non-hydrogen) atoms. The lowest BCUT2D eigenvalue weighted by molar-refractivity contribution is -0.135. The van der Waals surface area contributed by atoms with Gasteiger partial charge in [0.2, 0.25) is 5.91 Å². The Bertz CT molecular complexity index is 1150. The van der Waals surface area contributed by atoms with Gasteiger partial charge >= 0.3 is 0 Å². The fourth-order valence-corrected chi connectivity index (χ4v) is 7.00. The Morgan fingerprint density at radius 1 is 1.12 bits per heavy atom. The van der Waals surface area contributed by atoms with Crippen LogP contribution in [0.4, 0.5) is 0 Å². The first-order chi connectivity index (χ1) is 15.6.